The molecule has 0 amide bonds. The zero-order valence-electron chi connectivity index (χ0n) is 10.8. The van der Waals surface area contributed by atoms with Gasteiger partial charge >= 0.3 is 0 Å². The van der Waals surface area contributed by atoms with Crippen molar-refractivity contribution >= 4 is 10.9 Å². The van der Waals surface area contributed by atoms with Crippen LogP contribution in [0.15, 0.2) is 60.8 Å². The van der Waals surface area contributed by atoms with Crippen molar-refractivity contribution in [2.75, 3.05) is 7.11 Å². The molecule has 0 saturated heterocycles. The van der Waals surface area contributed by atoms with Gasteiger partial charge in [0.05, 0.1) is 12.6 Å². The summed E-state index contributed by atoms with van der Waals surface area (Å²) in [4.78, 5) is 4.49. The van der Waals surface area contributed by atoms with E-state index in [-0.39, 0.29) is 0 Å². The van der Waals surface area contributed by atoms with Crippen LogP contribution in [-0.4, -0.2) is 12.1 Å². The van der Waals surface area contributed by atoms with Crippen molar-refractivity contribution in [1.29, 1.82) is 0 Å². The molecular weight excluding hydrogens is 234 g/mol. The number of para-hydroxylation sites is 1. The fourth-order valence-electron chi connectivity index (χ4n) is 2.31. The lowest BCUT2D eigenvalue weighted by molar-refractivity contribution is 0.414. The van der Waals surface area contributed by atoms with Gasteiger partial charge in [-0.05, 0) is 35.7 Å². The normalized spacial score (nSPS) is 10.6. The lowest BCUT2D eigenvalue weighted by Crippen LogP contribution is -1.92. The van der Waals surface area contributed by atoms with Crippen molar-refractivity contribution < 1.29 is 4.74 Å². The second kappa shape index (κ2) is 5.11. The number of rotatable bonds is 3. The van der Waals surface area contributed by atoms with Crippen LogP contribution in [0.4, 0.5) is 0 Å². The maximum Gasteiger partial charge on any atom is 0.119 e. The highest BCUT2D eigenvalue weighted by molar-refractivity contribution is 5.81. The molecule has 3 aromatic rings. The highest BCUT2D eigenvalue weighted by Gasteiger charge is 2.03. The molecule has 3 rings (SSSR count). The van der Waals surface area contributed by atoms with Crippen LogP contribution < -0.4 is 4.74 Å². The third kappa shape index (κ3) is 2.43. The first-order chi connectivity index (χ1) is 9.36. The first-order valence-electron chi connectivity index (χ1n) is 6.32. The molecule has 1 heterocycles. The van der Waals surface area contributed by atoms with E-state index in [0.29, 0.717) is 0 Å². The van der Waals surface area contributed by atoms with Crippen molar-refractivity contribution in [2.45, 2.75) is 6.42 Å². The summed E-state index contributed by atoms with van der Waals surface area (Å²) in [6, 6.07) is 18.5. The molecule has 1 aromatic heterocycles. The number of aromatic nitrogens is 1. The highest BCUT2D eigenvalue weighted by Crippen LogP contribution is 2.21. The minimum absolute atomic E-state index is 0.867. The van der Waals surface area contributed by atoms with E-state index < -0.39 is 0 Å². The monoisotopic (exact) mass is 249 g/mol. The van der Waals surface area contributed by atoms with Gasteiger partial charge in [0.1, 0.15) is 5.75 Å². The van der Waals surface area contributed by atoms with E-state index in [4.69, 9.17) is 4.74 Å². The Kier molecular flexibility index (Phi) is 3.15. The summed E-state index contributed by atoms with van der Waals surface area (Å²) < 4.78 is 5.26. The van der Waals surface area contributed by atoms with Crippen LogP contribution in [-0.2, 0) is 6.42 Å². The molecule has 2 heteroatoms. The van der Waals surface area contributed by atoms with Gasteiger partial charge < -0.3 is 4.74 Å². The van der Waals surface area contributed by atoms with Gasteiger partial charge in [0, 0.05) is 11.6 Å². The minimum atomic E-state index is 0.867. The van der Waals surface area contributed by atoms with E-state index in [1.165, 1.54) is 16.5 Å². The van der Waals surface area contributed by atoms with Crippen LogP contribution in [0.5, 0.6) is 5.75 Å². The SMILES string of the molecule is COc1cccc(Cc2cccc3cccnc23)c1. The van der Waals surface area contributed by atoms with Crippen molar-refractivity contribution in [2.24, 2.45) is 0 Å². The molecule has 0 bridgehead atoms. The Balaban J connectivity index is 2.01. The van der Waals surface area contributed by atoms with E-state index in [0.717, 1.165) is 17.7 Å². The van der Waals surface area contributed by atoms with Crippen LogP contribution >= 0.6 is 0 Å². The van der Waals surface area contributed by atoms with Gasteiger partial charge in [-0.1, -0.05) is 36.4 Å². The van der Waals surface area contributed by atoms with Gasteiger partial charge in [0.25, 0.3) is 0 Å². The molecule has 94 valence electrons. The third-order valence-electron chi connectivity index (χ3n) is 3.25. The number of methoxy groups -OCH3 is 1. The van der Waals surface area contributed by atoms with E-state index in [9.17, 15) is 0 Å². The molecule has 2 nitrogen and oxygen atoms in total. The van der Waals surface area contributed by atoms with Crippen LogP contribution in [0.3, 0.4) is 0 Å². The quantitative estimate of drug-likeness (QED) is 0.703. The smallest absolute Gasteiger partial charge is 0.119 e. The van der Waals surface area contributed by atoms with E-state index in [1.807, 2.05) is 24.4 Å². The number of benzene rings is 2. The van der Waals surface area contributed by atoms with E-state index in [1.54, 1.807) is 7.11 Å². The number of pyridine rings is 1. The molecule has 0 aliphatic carbocycles. The summed E-state index contributed by atoms with van der Waals surface area (Å²) in [6.45, 7) is 0. The molecule has 0 atom stereocenters. The van der Waals surface area contributed by atoms with Gasteiger partial charge in [0.2, 0.25) is 0 Å². The van der Waals surface area contributed by atoms with Gasteiger partial charge in [-0.15, -0.1) is 0 Å². The average Bonchev–Trinajstić information content (AvgIpc) is 2.48. The lowest BCUT2D eigenvalue weighted by Gasteiger charge is -2.07. The molecule has 0 saturated carbocycles. The van der Waals surface area contributed by atoms with Gasteiger partial charge in [-0.2, -0.15) is 0 Å². The summed E-state index contributed by atoms with van der Waals surface area (Å²) in [7, 11) is 1.69. The fourth-order valence-corrected chi connectivity index (χ4v) is 2.31. The van der Waals surface area contributed by atoms with Crippen molar-refractivity contribution in [3.8, 4) is 5.75 Å². The van der Waals surface area contributed by atoms with E-state index >= 15 is 0 Å². The summed E-state index contributed by atoms with van der Waals surface area (Å²) in [6.07, 6.45) is 2.71. The van der Waals surface area contributed by atoms with Crippen LogP contribution in [0, 0.1) is 0 Å². The van der Waals surface area contributed by atoms with Gasteiger partial charge in [-0.25, -0.2) is 0 Å². The maximum atomic E-state index is 5.26. The molecule has 2 aromatic carbocycles. The Morgan fingerprint density at radius 3 is 2.74 bits per heavy atom. The molecule has 0 aliphatic heterocycles. The van der Waals surface area contributed by atoms with Crippen LogP contribution in [0.1, 0.15) is 11.1 Å². The molecule has 0 radical (unpaired) electrons. The Hall–Kier alpha value is -2.35. The number of hydrogen-bond donors (Lipinski definition) is 0. The summed E-state index contributed by atoms with van der Waals surface area (Å²) >= 11 is 0. The fraction of sp³-hybridized carbons (Fsp3) is 0.118. The predicted octanol–water partition coefficient (Wildman–Crippen LogP) is 3.83. The molecule has 19 heavy (non-hydrogen) atoms. The largest absolute Gasteiger partial charge is 0.497 e. The minimum Gasteiger partial charge on any atom is -0.497 e. The van der Waals surface area contributed by atoms with Crippen molar-refractivity contribution in [1.82, 2.24) is 4.98 Å². The summed E-state index contributed by atoms with van der Waals surface area (Å²) in [5.41, 5.74) is 3.55. The third-order valence-corrected chi connectivity index (χ3v) is 3.25. The maximum absolute atomic E-state index is 5.26. The predicted molar refractivity (Wildman–Crippen MR) is 77.5 cm³/mol. The first kappa shape index (κ1) is 11.7. The topological polar surface area (TPSA) is 22.1 Å². The Morgan fingerprint density at radius 2 is 1.84 bits per heavy atom. The Bertz CT molecular complexity index is 701. The number of hydrogen-bond acceptors (Lipinski definition) is 2. The molecule has 0 unspecified atom stereocenters. The number of ether oxygens (including phenoxy) is 1. The average molecular weight is 249 g/mol. The zero-order chi connectivity index (χ0) is 13.1. The van der Waals surface area contributed by atoms with Crippen LogP contribution in [0.2, 0.25) is 0 Å². The van der Waals surface area contributed by atoms with Crippen molar-refractivity contribution in [3.63, 3.8) is 0 Å². The lowest BCUT2D eigenvalue weighted by atomic mass is 10.0. The van der Waals surface area contributed by atoms with Crippen LogP contribution in [0.25, 0.3) is 10.9 Å². The molecule has 0 fully saturated rings. The van der Waals surface area contributed by atoms with Gasteiger partial charge in [0.15, 0.2) is 0 Å². The molecule has 0 spiro atoms. The highest BCUT2D eigenvalue weighted by atomic mass is 16.5. The first-order valence-corrected chi connectivity index (χ1v) is 6.32. The number of nitrogens with zero attached hydrogens (tertiary/aromatic N) is 1. The summed E-state index contributed by atoms with van der Waals surface area (Å²) in [5.74, 6) is 0.894. The van der Waals surface area contributed by atoms with Crippen molar-refractivity contribution in [3.05, 3.63) is 71.9 Å². The standard InChI is InChI=1S/C17H15NO/c1-19-16-9-2-5-13(12-16)11-15-7-3-6-14-8-4-10-18-17(14)15/h2-10,12H,11H2,1H3. The zero-order valence-corrected chi connectivity index (χ0v) is 10.8. The number of fused-ring (bicyclic) bond motifs is 1. The molecular formula is C17H15NO. The molecule has 0 aliphatic rings. The second-order valence-corrected chi connectivity index (χ2v) is 4.52. The Labute approximate surface area is 112 Å². The second-order valence-electron chi connectivity index (χ2n) is 4.52. The summed E-state index contributed by atoms with van der Waals surface area (Å²) in [5, 5.41) is 1.18. The van der Waals surface area contributed by atoms with Gasteiger partial charge in [-0.3, -0.25) is 4.98 Å². The Morgan fingerprint density at radius 1 is 1.00 bits per heavy atom. The molecule has 0 N–H and O–H groups in total. The van der Waals surface area contributed by atoms with E-state index in [2.05, 4.69) is 41.4 Å².